The number of hydrazine groups is 1. The van der Waals surface area contributed by atoms with Gasteiger partial charge >= 0.3 is 0 Å². The van der Waals surface area contributed by atoms with Gasteiger partial charge in [-0.25, -0.2) is 4.98 Å². The smallest absolute Gasteiger partial charge is 0.262 e. The first-order valence-corrected chi connectivity index (χ1v) is 9.95. The summed E-state index contributed by atoms with van der Waals surface area (Å²) in [6.45, 7) is 2.21. The number of rotatable bonds is 8. The summed E-state index contributed by atoms with van der Waals surface area (Å²) >= 11 is 0. The maximum atomic E-state index is 12.4. The van der Waals surface area contributed by atoms with Crippen molar-refractivity contribution in [2.75, 3.05) is 7.11 Å². The number of hydrogen-bond donors (Lipinski definition) is 2. The van der Waals surface area contributed by atoms with Gasteiger partial charge in [-0.15, -0.1) is 0 Å². The number of benzene rings is 2. The Bertz CT molecular complexity index is 1040. The van der Waals surface area contributed by atoms with E-state index in [2.05, 4.69) is 22.8 Å². The van der Waals surface area contributed by atoms with Gasteiger partial charge < -0.3 is 9.30 Å². The van der Waals surface area contributed by atoms with Gasteiger partial charge in [0.2, 0.25) is 0 Å². The fraction of sp³-hybridized carbons (Fsp3) is 0.261. The van der Waals surface area contributed by atoms with Crippen molar-refractivity contribution in [1.82, 2.24) is 20.4 Å². The largest absolute Gasteiger partial charge is 0.497 e. The van der Waals surface area contributed by atoms with E-state index >= 15 is 0 Å². The van der Waals surface area contributed by atoms with E-state index in [9.17, 15) is 9.59 Å². The van der Waals surface area contributed by atoms with E-state index in [-0.39, 0.29) is 12.5 Å². The van der Waals surface area contributed by atoms with Gasteiger partial charge in [0, 0.05) is 12.5 Å². The van der Waals surface area contributed by atoms with Gasteiger partial charge in [0.05, 0.1) is 18.1 Å². The number of carbonyl (C=O) groups excluding carboxylic acids is 2. The number of aromatic nitrogens is 2. The van der Waals surface area contributed by atoms with Crippen molar-refractivity contribution >= 4 is 28.9 Å². The second-order valence-electron chi connectivity index (χ2n) is 6.85. The second kappa shape index (κ2) is 10.2. The number of amides is 2. The van der Waals surface area contributed by atoms with Crippen LogP contribution < -0.4 is 15.6 Å². The lowest BCUT2D eigenvalue weighted by atomic mass is 10.2. The highest BCUT2D eigenvalue weighted by molar-refractivity contribution is 5.93. The highest BCUT2D eigenvalue weighted by Gasteiger charge is 2.13. The first kappa shape index (κ1) is 21.1. The number of fused-ring (bicyclic) bond motifs is 1. The summed E-state index contributed by atoms with van der Waals surface area (Å²) in [7, 11) is 1.60. The zero-order valence-corrected chi connectivity index (χ0v) is 17.2. The number of para-hydroxylation sites is 2. The van der Waals surface area contributed by atoms with E-state index in [0.717, 1.165) is 47.4 Å². The quantitative estimate of drug-likeness (QED) is 0.444. The molecule has 0 fully saturated rings. The lowest BCUT2D eigenvalue weighted by Crippen LogP contribution is -2.42. The van der Waals surface area contributed by atoms with Crippen LogP contribution in [-0.4, -0.2) is 28.5 Å². The predicted molar refractivity (Wildman–Crippen MR) is 117 cm³/mol. The molecule has 0 saturated heterocycles. The number of methoxy groups -OCH3 is 1. The molecule has 0 aliphatic heterocycles. The third-order valence-electron chi connectivity index (χ3n) is 4.66. The summed E-state index contributed by atoms with van der Waals surface area (Å²) < 4.78 is 7.00. The van der Waals surface area contributed by atoms with Crippen LogP contribution in [-0.2, 0) is 22.6 Å². The minimum absolute atomic E-state index is 0.0854. The van der Waals surface area contributed by atoms with Crippen molar-refractivity contribution in [3.63, 3.8) is 0 Å². The minimum atomic E-state index is -0.416. The average molecular weight is 406 g/mol. The number of hydrogen-bond acceptors (Lipinski definition) is 4. The number of ether oxygens (including phenoxy) is 1. The third-order valence-corrected chi connectivity index (χ3v) is 4.66. The summed E-state index contributed by atoms with van der Waals surface area (Å²) in [5.41, 5.74) is 7.50. The Morgan fingerprint density at radius 2 is 1.87 bits per heavy atom. The van der Waals surface area contributed by atoms with Crippen LogP contribution in [0.5, 0.6) is 5.75 Å². The van der Waals surface area contributed by atoms with Crippen molar-refractivity contribution in [3.05, 3.63) is 66.0 Å². The van der Waals surface area contributed by atoms with E-state index in [1.165, 1.54) is 6.08 Å². The highest BCUT2D eigenvalue weighted by atomic mass is 16.5. The first-order chi connectivity index (χ1) is 14.6. The van der Waals surface area contributed by atoms with Crippen molar-refractivity contribution in [1.29, 1.82) is 0 Å². The third kappa shape index (κ3) is 5.47. The van der Waals surface area contributed by atoms with Crippen LogP contribution in [0.3, 0.4) is 0 Å². The molecule has 3 rings (SSSR count). The monoisotopic (exact) mass is 406 g/mol. The molecule has 0 saturated carbocycles. The molecule has 7 heteroatoms. The molecule has 0 bridgehead atoms. The Kier molecular flexibility index (Phi) is 7.21. The molecule has 2 aromatic carbocycles. The van der Waals surface area contributed by atoms with Gasteiger partial charge in [0.25, 0.3) is 11.8 Å². The van der Waals surface area contributed by atoms with E-state index in [0.29, 0.717) is 0 Å². The lowest BCUT2D eigenvalue weighted by Gasteiger charge is -2.10. The summed E-state index contributed by atoms with van der Waals surface area (Å²) in [4.78, 5) is 29.1. The van der Waals surface area contributed by atoms with E-state index < -0.39 is 5.91 Å². The summed E-state index contributed by atoms with van der Waals surface area (Å²) in [6, 6.07) is 15.0. The molecule has 0 aliphatic carbocycles. The molecular formula is C23H26N4O3. The molecule has 2 N–H and O–H groups in total. The molecule has 3 aromatic rings. The Labute approximate surface area is 175 Å². The summed E-state index contributed by atoms with van der Waals surface area (Å²) in [5, 5.41) is 0. The zero-order chi connectivity index (χ0) is 21.3. The highest BCUT2D eigenvalue weighted by Crippen LogP contribution is 2.17. The normalized spacial score (nSPS) is 11.0. The van der Waals surface area contributed by atoms with Crippen LogP contribution in [0.1, 0.15) is 31.2 Å². The number of nitrogens with zero attached hydrogens (tertiary/aromatic N) is 2. The zero-order valence-electron chi connectivity index (χ0n) is 17.2. The van der Waals surface area contributed by atoms with Gasteiger partial charge in [-0.05, 0) is 42.3 Å². The Hall–Kier alpha value is -3.61. The van der Waals surface area contributed by atoms with Gasteiger partial charge in [-0.3, -0.25) is 20.4 Å². The van der Waals surface area contributed by atoms with Crippen molar-refractivity contribution < 1.29 is 14.3 Å². The predicted octanol–water partition coefficient (Wildman–Crippen LogP) is 3.25. The summed E-state index contributed by atoms with van der Waals surface area (Å²) in [5.74, 6) is 0.885. The number of imidazole rings is 1. The molecule has 2 amide bonds. The van der Waals surface area contributed by atoms with E-state index in [1.54, 1.807) is 13.2 Å². The fourth-order valence-electron chi connectivity index (χ4n) is 3.07. The molecule has 0 radical (unpaired) electrons. The first-order valence-electron chi connectivity index (χ1n) is 9.95. The topological polar surface area (TPSA) is 85.3 Å². The minimum Gasteiger partial charge on any atom is -0.497 e. The standard InChI is InChI=1S/C23H26N4O3/c1-3-4-9-21-24-19-7-5-6-8-20(19)27(21)16-23(29)26-25-22(28)15-12-17-10-13-18(30-2)14-11-17/h5-8,10-15H,3-4,9,16H2,1-2H3,(H,25,28)(H,26,29)/b15-12+. The Balaban J connectivity index is 1.58. The van der Waals surface area contributed by atoms with Crippen molar-refractivity contribution in [2.24, 2.45) is 0 Å². The average Bonchev–Trinajstić information content (AvgIpc) is 3.12. The van der Waals surface area contributed by atoms with Crippen molar-refractivity contribution in [2.45, 2.75) is 32.7 Å². The fourth-order valence-corrected chi connectivity index (χ4v) is 3.07. The van der Waals surface area contributed by atoms with Crippen LogP contribution in [0, 0.1) is 0 Å². The molecule has 0 atom stereocenters. The molecule has 0 unspecified atom stereocenters. The number of aryl methyl sites for hydroxylation is 1. The number of nitrogens with one attached hydrogen (secondary N) is 2. The molecule has 1 heterocycles. The Morgan fingerprint density at radius 3 is 2.60 bits per heavy atom. The number of unbranched alkanes of at least 4 members (excludes halogenated alkanes) is 1. The maximum absolute atomic E-state index is 12.4. The van der Waals surface area contributed by atoms with E-state index in [4.69, 9.17) is 4.74 Å². The molecule has 7 nitrogen and oxygen atoms in total. The maximum Gasteiger partial charge on any atom is 0.262 e. The number of carbonyl (C=O) groups is 2. The van der Waals surface area contributed by atoms with Gasteiger partial charge in [0.1, 0.15) is 18.1 Å². The van der Waals surface area contributed by atoms with Crippen LogP contribution >= 0.6 is 0 Å². The Morgan fingerprint density at radius 1 is 1.10 bits per heavy atom. The molecule has 0 spiro atoms. The van der Waals surface area contributed by atoms with Gasteiger partial charge in [-0.2, -0.15) is 0 Å². The van der Waals surface area contributed by atoms with Crippen LogP contribution in [0.15, 0.2) is 54.6 Å². The molecule has 30 heavy (non-hydrogen) atoms. The van der Waals surface area contributed by atoms with Crippen LogP contribution in [0.4, 0.5) is 0 Å². The van der Waals surface area contributed by atoms with Crippen LogP contribution in [0.25, 0.3) is 17.1 Å². The molecule has 1 aromatic heterocycles. The van der Waals surface area contributed by atoms with Crippen molar-refractivity contribution in [3.8, 4) is 5.75 Å². The van der Waals surface area contributed by atoms with Crippen LogP contribution in [0.2, 0.25) is 0 Å². The van der Waals surface area contributed by atoms with Gasteiger partial charge in [0.15, 0.2) is 0 Å². The summed E-state index contributed by atoms with van der Waals surface area (Å²) in [6.07, 6.45) is 5.87. The molecule has 156 valence electrons. The van der Waals surface area contributed by atoms with Gasteiger partial charge in [-0.1, -0.05) is 37.6 Å². The second-order valence-corrected chi connectivity index (χ2v) is 6.85. The molecule has 0 aliphatic rings. The lowest BCUT2D eigenvalue weighted by molar-refractivity contribution is -0.127. The van der Waals surface area contributed by atoms with E-state index in [1.807, 2.05) is 53.1 Å². The SMILES string of the molecule is CCCCc1nc2ccccc2n1CC(=O)NNC(=O)/C=C/c1ccc(OC)cc1. The molecular weight excluding hydrogens is 380 g/mol.